The number of imidazole rings is 1. The zero-order valence-corrected chi connectivity index (χ0v) is 9.40. The lowest BCUT2D eigenvalue weighted by Crippen LogP contribution is -2.07. The summed E-state index contributed by atoms with van der Waals surface area (Å²) < 4.78 is 5.64. The van der Waals surface area contributed by atoms with Gasteiger partial charge < -0.3 is 9.67 Å². The molecule has 0 fully saturated rings. The molecule has 0 bridgehead atoms. The zero-order valence-electron chi connectivity index (χ0n) is 8.58. The van der Waals surface area contributed by atoms with Crippen LogP contribution in [0.25, 0.3) is 0 Å². The summed E-state index contributed by atoms with van der Waals surface area (Å²) in [4.78, 5) is 4.90. The van der Waals surface area contributed by atoms with E-state index < -0.39 is 6.10 Å². The minimum absolute atomic E-state index is 0.621. The van der Waals surface area contributed by atoms with Crippen molar-refractivity contribution in [3.05, 3.63) is 28.8 Å². The molecule has 1 atom stereocenters. The van der Waals surface area contributed by atoms with Gasteiger partial charge in [0.25, 0.3) is 0 Å². The molecule has 2 heterocycles. The molecule has 0 amide bonds. The van der Waals surface area contributed by atoms with Gasteiger partial charge in [0.15, 0.2) is 0 Å². The van der Waals surface area contributed by atoms with E-state index in [2.05, 4.69) is 14.6 Å². The number of hydrogen-bond donors (Lipinski definition) is 1. The average molecular weight is 224 g/mol. The maximum Gasteiger partial charge on any atom is 0.149 e. The van der Waals surface area contributed by atoms with Gasteiger partial charge in [-0.15, -0.1) is 5.10 Å². The molecule has 5 nitrogen and oxygen atoms in total. The van der Waals surface area contributed by atoms with Crippen LogP contribution in [0.2, 0.25) is 0 Å². The lowest BCUT2D eigenvalue weighted by molar-refractivity contribution is 0.208. The fourth-order valence-corrected chi connectivity index (χ4v) is 2.15. The molecule has 2 aromatic heterocycles. The monoisotopic (exact) mass is 224 g/mol. The lowest BCUT2D eigenvalue weighted by atomic mass is 10.2. The number of hydrogen-bond acceptors (Lipinski definition) is 5. The van der Waals surface area contributed by atoms with Crippen LogP contribution in [0.4, 0.5) is 0 Å². The molecule has 6 heteroatoms. The van der Waals surface area contributed by atoms with Crippen molar-refractivity contribution in [1.29, 1.82) is 0 Å². The Balaban J connectivity index is 2.36. The van der Waals surface area contributed by atoms with Gasteiger partial charge in [-0.1, -0.05) is 11.4 Å². The first-order valence-corrected chi connectivity index (χ1v) is 5.47. The highest BCUT2D eigenvalue weighted by molar-refractivity contribution is 7.05. The van der Waals surface area contributed by atoms with Crippen molar-refractivity contribution >= 4 is 11.5 Å². The SMILES string of the molecule is CCc1nnsc1C(O)c1nccn1C. The predicted molar refractivity (Wildman–Crippen MR) is 56.6 cm³/mol. The number of aliphatic hydroxyl groups is 1. The van der Waals surface area contributed by atoms with E-state index in [1.165, 1.54) is 11.5 Å². The minimum atomic E-state index is -0.722. The fourth-order valence-electron chi connectivity index (χ4n) is 1.43. The van der Waals surface area contributed by atoms with Gasteiger partial charge in [0.05, 0.1) is 10.6 Å². The van der Waals surface area contributed by atoms with Crippen LogP contribution in [0.3, 0.4) is 0 Å². The summed E-state index contributed by atoms with van der Waals surface area (Å²) in [5.41, 5.74) is 0.843. The molecule has 0 aliphatic heterocycles. The summed E-state index contributed by atoms with van der Waals surface area (Å²) in [6.07, 6.45) is 3.52. The summed E-state index contributed by atoms with van der Waals surface area (Å²) in [5.74, 6) is 0.621. The second-order valence-corrected chi connectivity index (χ2v) is 4.02. The molecule has 2 aromatic rings. The molecule has 0 aliphatic carbocycles. The van der Waals surface area contributed by atoms with Gasteiger partial charge in [0.2, 0.25) is 0 Å². The maximum absolute atomic E-state index is 10.1. The van der Waals surface area contributed by atoms with Crippen molar-refractivity contribution in [2.75, 3.05) is 0 Å². The van der Waals surface area contributed by atoms with E-state index in [0.717, 1.165) is 17.0 Å². The Hall–Kier alpha value is -1.27. The van der Waals surface area contributed by atoms with Gasteiger partial charge in [0.1, 0.15) is 11.9 Å². The Morgan fingerprint density at radius 3 is 3.00 bits per heavy atom. The quantitative estimate of drug-likeness (QED) is 0.842. The van der Waals surface area contributed by atoms with Crippen molar-refractivity contribution in [3.63, 3.8) is 0 Å². The van der Waals surface area contributed by atoms with Gasteiger partial charge in [-0.05, 0) is 18.0 Å². The number of aliphatic hydroxyl groups excluding tert-OH is 1. The largest absolute Gasteiger partial charge is 0.379 e. The van der Waals surface area contributed by atoms with E-state index in [1.807, 2.05) is 14.0 Å². The van der Waals surface area contributed by atoms with Crippen LogP contribution < -0.4 is 0 Å². The van der Waals surface area contributed by atoms with Gasteiger partial charge in [-0.2, -0.15) is 0 Å². The second kappa shape index (κ2) is 4.08. The maximum atomic E-state index is 10.1. The summed E-state index contributed by atoms with van der Waals surface area (Å²) in [6, 6.07) is 0. The Bertz CT molecular complexity index is 450. The Morgan fingerprint density at radius 1 is 1.60 bits per heavy atom. The third-order valence-corrected chi connectivity index (χ3v) is 3.09. The molecule has 0 saturated carbocycles. The molecule has 1 N–H and O–H groups in total. The van der Waals surface area contributed by atoms with E-state index >= 15 is 0 Å². The van der Waals surface area contributed by atoms with Crippen molar-refractivity contribution in [3.8, 4) is 0 Å². The van der Waals surface area contributed by atoms with E-state index in [0.29, 0.717) is 5.82 Å². The van der Waals surface area contributed by atoms with E-state index in [-0.39, 0.29) is 0 Å². The van der Waals surface area contributed by atoms with Crippen LogP contribution in [0, 0.1) is 0 Å². The first-order chi connectivity index (χ1) is 7.24. The van der Waals surface area contributed by atoms with Gasteiger partial charge in [0, 0.05) is 19.4 Å². The molecule has 1 unspecified atom stereocenters. The highest BCUT2D eigenvalue weighted by atomic mass is 32.1. The average Bonchev–Trinajstić information content (AvgIpc) is 2.84. The molecule has 15 heavy (non-hydrogen) atoms. The molecule has 0 spiro atoms. The molecule has 2 rings (SSSR count). The molecule has 80 valence electrons. The van der Waals surface area contributed by atoms with E-state index in [1.54, 1.807) is 17.0 Å². The standard InChI is InChI=1S/C9H12N4OS/c1-3-6-8(15-12-11-6)7(14)9-10-4-5-13(9)2/h4-5,7,14H,3H2,1-2H3. The number of rotatable bonds is 3. The van der Waals surface area contributed by atoms with Crippen LogP contribution in [-0.2, 0) is 13.5 Å². The van der Waals surface area contributed by atoms with Crippen molar-refractivity contribution in [2.24, 2.45) is 7.05 Å². The zero-order chi connectivity index (χ0) is 10.8. The third kappa shape index (κ3) is 1.78. The molecular weight excluding hydrogens is 212 g/mol. The smallest absolute Gasteiger partial charge is 0.149 e. The fraction of sp³-hybridized carbons (Fsp3) is 0.444. The van der Waals surface area contributed by atoms with Gasteiger partial charge >= 0.3 is 0 Å². The number of nitrogens with zero attached hydrogens (tertiary/aromatic N) is 4. The normalized spacial score (nSPS) is 13.0. The van der Waals surface area contributed by atoms with Crippen LogP contribution in [0.15, 0.2) is 12.4 Å². The van der Waals surface area contributed by atoms with Crippen molar-refractivity contribution in [2.45, 2.75) is 19.4 Å². The number of aromatic nitrogens is 4. The molecule has 0 saturated heterocycles. The predicted octanol–water partition coefficient (Wildman–Crippen LogP) is 0.916. The van der Waals surface area contributed by atoms with Gasteiger partial charge in [-0.25, -0.2) is 4.98 Å². The van der Waals surface area contributed by atoms with Crippen molar-refractivity contribution in [1.82, 2.24) is 19.1 Å². The Kier molecular flexibility index (Phi) is 2.79. The number of aryl methyl sites for hydroxylation is 2. The first-order valence-electron chi connectivity index (χ1n) is 4.70. The lowest BCUT2D eigenvalue weighted by Gasteiger charge is -2.08. The molecular formula is C9H12N4OS. The van der Waals surface area contributed by atoms with E-state index in [9.17, 15) is 5.11 Å². The summed E-state index contributed by atoms with van der Waals surface area (Å²) in [7, 11) is 1.85. The van der Waals surface area contributed by atoms with Crippen LogP contribution in [0.5, 0.6) is 0 Å². The van der Waals surface area contributed by atoms with Gasteiger partial charge in [-0.3, -0.25) is 0 Å². The van der Waals surface area contributed by atoms with Crippen LogP contribution >= 0.6 is 11.5 Å². The van der Waals surface area contributed by atoms with Crippen LogP contribution in [0.1, 0.15) is 29.4 Å². The molecule has 0 aromatic carbocycles. The first kappa shape index (κ1) is 10.3. The Labute approximate surface area is 91.6 Å². The summed E-state index contributed by atoms with van der Waals surface area (Å²) >= 11 is 1.22. The van der Waals surface area contributed by atoms with E-state index in [4.69, 9.17) is 0 Å². The summed E-state index contributed by atoms with van der Waals surface area (Å²) in [6.45, 7) is 1.99. The highest BCUT2D eigenvalue weighted by Gasteiger charge is 2.20. The Morgan fingerprint density at radius 2 is 2.40 bits per heavy atom. The van der Waals surface area contributed by atoms with Crippen molar-refractivity contribution < 1.29 is 5.11 Å². The second-order valence-electron chi connectivity index (χ2n) is 3.24. The topological polar surface area (TPSA) is 63.8 Å². The molecule has 0 aliphatic rings. The van der Waals surface area contributed by atoms with Crippen LogP contribution in [-0.4, -0.2) is 24.2 Å². The third-order valence-electron chi connectivity index (χ3n) is 2.27. The molecule has 0 radical (unpaired) electrons. The highest BCUT2D eigenvalue weighted by Crippen LogP contribution is 2.25. The summed E-state index contributed by atoms with van der Waals surface area (Å²) in [5, 5.41) is 14.1. The minimum Gasteiger partial charge on any atom is -0.379 e.